The van der Waals surface area contributed by atoms with Crippen molar-refractivity contribution in [2.24, 2.45) is 0 Å². The van der Waals surface area contributed by atoms with E-state index in [0.717, 1.165) is 23.1 Å². The van der Waals surface area contributed by atoms with Crippen molar-refractivity contribution in [3.8, 4) is 22.8 Å². The van der Waals surface area contributed by atoms with Crippen molar-refractivity contribution >= 4 is 5.65 Å². The van der Waals surface area contributed by atoms with Crippen LogP contribution in [0.25, 0.3) is 16.8 Å². The van der Waals surface area contributed by atoms with Crippen LogP contribution >= 0.6 is 0 Å². The number of rotatable bonds is 5. The Morgan fingerprint density at radius 1 is 1.08 bits per heavy atom. The summed E-state index contributed by atoms with van der Waals surface area (Å²) in [7, 11) is 0. The molecule has 5 nitrogen and oxygen atoms in total. The molecule has 0 aliphatic heterocycles. The summed E-state index contributed by atoms with van der Waals surface area (Å²) in [4.78, 5) is 0. The molecule has 0 saturated heterocycles. The van der Waals surface area contributed by atoms with Gasteiger partial charge in [-0.3, -0.25) is 0 Å². The number of aromatic nitrogens is 3. The third-order valence-corrected chi connectivity index (χ3v) is 3.83. The van der Waals surface area contributed by atoms with Gasteiger partial charge in [0.25, 0.3) is 0 Å². The molecule has 1 aromatic carbocycles. The Balaban J connectivity index is 2.11. The highest BCUT2D eigenvalue weighted by molar-refractivity contribution is 5.75. The molecule has 0 amide bonds. The van der Waals surface area contributed by atoms with Crippen LogP contribution in [0.2, 0.25) is 0 Å². The SMILES string of the molecule is CCCOc1c(-c2ccc(OC(F)(F)F)cc2)c(C)cc2nnc(C)n12. The van der Waals surface area contributed by atoms with Crippen molar-refractivity contribution in [1.29, 1.82) is 0 Å². The van der Waals surface area contributed by atoms with Gasteiger partial charge in [0.15, 0.2) is 5.65 Å². The lowest BCUT2D eigenvalue weighted by atomic mass is 10.0. The summed E-state index contributed by atoms with van der Waals surface area (Å²) >= 11 is 0. The molecule has 2 aromatic heterocycles. The van der Waals surface area contributed by atoms with Crippen LogP contribution in [0.15, 0.2) is 30.3 Å². The fraction of sp³-hybridized carbons (Fsp3) is 0.333. The van der Waals surface area contributed by atoms with E-state index in [0.29, 0.717) is 24.0 Å². The highest BCUT2D eigenvalue weighted by Gasteiger charge is 2.31. The predicted octanol–water partition coefficient (Wildman–Crippen LogP) is 4.70. The first kappa shape index (κ1) is 18.0. The molecule has 0 N–H and O–H groups in total. The molecule has 8 heteroatoms. The zero-order chi connectivity index (χ0) is 18.9. The number of hydrogen-bond donors (Lipinski definition) is 0. The molecule has 0 aliphatic carbocycles. The van der Waals surface area contributed by atoms with E-state index in [9.17, 15) is 13.2 Å². The predicted molar refractivity (Wildman–Crippen MR) is 90.4 cm³/mol. The number of aryl methyl sites for hydroxylation is 2. The minimum Gasteiger partial charge on any atom is -0.478 e. The van der Waals surface area contributed by atoms with Gasteiger partial charge in [-0.25, -0.2) is 4.40 Å². The Morgan fingerprint density at radius 3 is 2.38 bits per heavy atom. The molecule has 0 spiro atoms. The van der Waals surface area contributed by atoms with Gasteiger partial charge in [-0.05, 0) is 49.6 Å². The fourth-order valence-corrected chi connectivity index (χ4v) is 2.78. The number of fused-ring (bicyclic) bond motifs is 1. The van der Waals surface area contributed by atoms with Crippen LogP contribution in [0.3, 0.4) is 0 Å². The first-order chi connectivity index (χ1) is 12.3. The van der Waals surface area contributed by atoms with Crippen molar-refractivity contribution in [2.75, 3.05) is 6.61 Å². The average Bonchev–Trinajstić information content (AvgIpc) is 2.92. The monoisotopic (exact) mass is 365 g/mol. The molecular weight excluding hydrogens is 347 g/mol. The average molecular weight is 365 g/mol. The summed E-state index contributed by atoms with van der Waals surface area (Å²) < 4.78 is 48.8. The maximum Gasteiger partial charge on any atom is 0.573 e. The lowest BCUT2D eigenvalue weighted by molar-refractivity contribution is -0.274. The van der Waals surface area contributed by atoms with Crippen molar-refractivity contribution in [3.63, 3.8) is 0 Å². The largest absolute Gasteiger partial charge is 0.573 e. The molecule has 2 heterocycles. The van der Waals surface area contributed by atoms with Gasteiger partial charge in [-0.2, -0.15) is 0 Å². The number of nitrogens with zero attached hydrogens (tertiary/aromatic N) is 3. The summed E-state index contributed by atoms with van der Waals surface area (Å²) in [6.45, 7) is 6.21. The van der Waals surface area contributed by atoms with Crippen LogP contribution < -0.4 is 9.47 Å². The zero-order valence-corrected chi connectivity index (χ0v) is 14.6. The van der Waals surface area contributed by atoms with E-state index in [-0.39, 0.29) is 5.75 Å². The van der Waals surface area contributed by atoms with Gasteiger partial charge in [0.1, 0.15) is 11.6 Å². The minimum absolute atomic E-state index is 0.267. The molecule has 3 aromatic rings. The second kappa shape index (κ2) is 6.86. The summed E-state index contributed by atoms with van der Waals surface area (Å²) in [5.41, 5.74) is 3.05. The zero-order valence-electron chi connectivity index (χ0n) is 14.6. The minimum atomic E-state index is -4.72. The van der Waals surface area contributed by atoms with Crippen molar-refractivity contribution in [2.45, 2.75) is 33.6 Å². The van der Waals surface area contributed by atoms with E-state index < -0.39 is 6.36 Å². The van der Waals surface area contributed by atoms with E-state index in [1.54, 1.807) is 16.5 Å². The molecule has 0 fully saturated rings. The van der Waals surface area contributed by atoms with Crippen LogP contribution in [0.4, 0.5) is 13.2 Å². The number of hydrogen-bond acceptors (Lipinski definition) is 4. The van der Waals surface area contributed by atoms with E-state index in [4.69, 9.17) is 4.74 Å². The Kier molecular flexibility index (Phi) is 4.76. The topological polar surface area (TPSA) is 48.7 Å². The van der Waals surface area contributed by atoms with Crippen molar-refractivity contribution in [1.82, 2.24) is 14.6 Å². The first-order valence-electron chi connectivity index (χ1n) is 8.14. The summed E-state index contributed by atoms with van der Waals surface area (Å²) in [6, 6.07) is 7.60. The molecule has 138 valence electrons. The number of halogens is 3. The highest BCUT2D eigenvalue weighted by Crippen LogP contribution is 2.36. The number of alkyl halides is 3. The molecule has 0 atom stereocenters. The van der Waals surface area contributed by atoms with Crippen LogP contribution in [0, 0.1) is 13.8 Å². The quantitative estimate of drug-likeness (QED) is 0.658. The van der Waals surface area contributed by atoms with Gasteiger partial charge < -0.3 is 9.47 Å². The summed E-state index contributed by atoms with van der Waals surface area (Å²) in [6.07, 6.45) is -3.90. The smallest absolute Gasteiger partial charge is 0.478 e. The van der Waals surface area contributed by atoms with Gasteiger partial charge >= 0.3 is 6.36 Å². The Morgan fingerprint density at radius 2 is 1.77 bits per heavy atom. The lowest BCUT2D eigenvalue weighted by Gasteiger charge is -2.17. The maximum atomic E-state index is 12.4. The van der Waals surface area contributed by atoms with Gasteiger partial charge in [-0.1, -0.05) is 19.1 Å². The number of pyridine rings is 1. The summed E-state index contributed by atoms with van der Waals surface area (Å²) in [5, 5.41) is 8.21. The number of benzene rings is 1. The maximum absolute atomic E-state index is 12.4. The molecule has 0 aliphatic rings. The second-order valence-electron chi connectivity index (χ2n) is 5.87. The van der Waals surface area contributed by atoms with Crippen LogP contribution in [-0.2, 0) is 0 Å². The third-order valence-electron chi connectivity index (χ3n) is 3.83. The number of ether oxygens (including phenoxy) is 2. The van der Waals surface area contributed by atoms with Gasteiger partial charge in [0.05, 0.1) is 6.61 Å². The van der Waals surface area contributed by atoms with Gasteiger partial charge in [0.2, 0.25) is 5.88 Å². The molecule has 0 bridgehead atoms. The van der Waals surface area contributed by atoms with Crippen molar-refractivity contribution < 1.29 is 22.6 Å². The second-order valence-corrected chi connectivity index (χ2v) is 5.87. The standard InChI is InChI=1S/C18H18F3N3O2/c1-4-9-25-17-16(11(2)10-15-23-22-12(3)24(15)17)13-5-7-14(8-6-13)26-18(19,20)21/h5-8,10H,4,9H2,1-3H3. The third kappa shape index (κ3) is 3.58. The molecule has 0 radical (unpaired) electrons. The Hall–Kier alpha value is -2.77. The lowest BCUT2D eigenvalue weighted by Crippen LogP contribution is -2.16. The van der Waals surface area contributed by atoms with E-state index in [1.165, 1.54) is 12.1 Å². The van der Waals surface area contributed by atoms with Crippen molar-refractivity contribution in [3.05, 3.63) is 41.7 Å². The van der Waals surface area contributed by atoms with Crippen LogP contribution in [0.1, 0.15) is 24.7 Å². The van der Waals surface area contributed by atoms with E-state index in [1.807, 2.05) is 26.8 Å². The van der Waals surface area contributed by atoms with Gasteiger partial charge in [0, 0.05) is 5.56 Å². The van der Waals surface area contributed by atoms with E-state index >= 15 is 0 Å². The van der Waals surface area contributed by atoms with Crippen LogP contribution in [-0.4, -0.2) is 27.6 Å². The normalized spacial score (nSPS) is 11.8. The van der Waals surface area contributed by atoms with Gasteiger partial charge in [-0.15, -0.1) is 23.4 Å². The Bertz CT molecular complexity index is 918. The molecule has 3 rings (SSSR count). The highest BCUT2D eigenvalue weighted by atomic mass is 19.4. The molecule has 26 heavy (non-hydrogen) atoms. The Labute approximate surface area is 148 Å². The fourth-order valence-electron chi connectivity index (χ4n) is 2.78. The molecule has 0 saturated carbocycles. The van der Waals surface area contributed by atoms with Crippen LogP contribution in [0.5, 0.6) is 11.6 Å². The summed E-state index contributed by atoms with van der Waals surface area (Å²) in [5.74, 6) is 0.981. The molecule has 0 unspecified atom stereocenters. The molecular formula is C18H18F3N3O2. The van der Waals surface area contributed by atoms with E-state index in [2.05, 4.69) is 14.9 Å². The first-order valence-corrected chi connectivity index (χ1v) is 8.14.